The number of rotatable bonds is 5. The molecule has 2 aliphatic heterocycles. The number of amides is 2. The highest BCUT2D eigenvalue weighted by Gasteiger charge is 2.59. The summed E-state index contributed by atoms with van der Waals surface area (Å²) in [5.74, 6) is 2.23. The van der Waals surface area contributed by atoms with E-state index in [0.717, 1.165) is 51.3 Å². The lowest BCUT2D eigenvalue weighted by Gasteiger charge is -2.40. The molecule has 2 aromatic carbocycles. The number of fused-ring (bicyclic) bond motifs is 3. The Hall–Kier alpha value is -2.66. The van der Waals surface area contributed by atoms with Crippen molar-refractivity contribution >= 4 is 17.5 Å². The first-order valence-corrected chi connectivity index (χ1v) is 13.3. The molecular formula is C30H36N2O3. The molecule has 2 aliphatic carbocycles. The number of benzene rings is 2. The van der Waals surface area contributed by atoms with Crippen molar-refractivity contribution in [2.75, 3.05) is 31.6 Å². The second-order valence-electron chi connectivity index (χ2n) is 11.5. The van der Waals surface area contributed by atoms with Crippen LogP contribution in [0.2, 0.25) is 0 Å². The third kappa shape index (κ3) is 4.08. The Morgan fingerprint density at radius 3 is 2.54 bits per heavy atom. The van der Waals surface area contributed by atoms with E-state index >= 15 is 0 Å². The van der Waals surface area contributed by atoms with Gasteiger partial charge < -0.3 is 15.0 Å². The summed E-state index contributed by atoms with van der Waals surface area (Å²) in [6, 6.07) is 16.9. The minimum atomic E-state index is 0.0814. The molecule has 4 aliphatic rings. The van der Waals surface area contributed by atoms with Gasteiger partial charge in [-0.3, -0.25) is 9.59 Å². The molecule has 3 fully saturated rings. The summed E-state index contributed by atoms with van der Waals surface area (Å²) in [4.78, 5) is 28.3. The lowest BCUT2D eigenvalue weighted by molar-refractivity contribution is -0.135. The van der Waals surface area contributed by atoms with Crippen LogP contribution < -0.4 is 5.32 Å². The van der Waals surface area contributed by atoms with Crippen LogP contribution in [-0.2, 0) is 19.7 Å². The zero-order chi connectivity index (χ0) is 24.2. The summed E-state index contributed by atoms with van der Waals surface area (Å²) < 4.78 is 5.48. The van der Waals surface area contributed by atoms with Crippen molar-refractivity contribution in [2.24, 2.45) is 17.8 Å². The summed E-state index contributed by atoms with van der Waals surface area (Å²) in [7, 11) is 0. The predicted molar refractivity (Wildman–Crippen MR) is 136 cm³/mol. The molecule has 2 amide bonds. The van der Waals surface area contributed by atoms with E-state index in [1.807, 2.05) is 12.1 Å². The van der Waals surface area contributed by atoms with E-state index in [1.54, 1.807) is 0 Å². The van der Waals surface area contributed by atoms with E-state index < -0.39 is 0 Å². The maximum atomic E-state index is 13.1. The standard InChI is InChI=1S/C30H36N2O3/c1-19(2)20-6-5-7-22(14-20)31-27(33)15-21-16-30(26-9-4-3-8-23(21)26)10-12-32(13-11-30)29(34)28-24-17-35-18-25(24)28/h3-9,14,19,21,24-25,28H,10-13,15-18H2,1-2H3,(H,31,33)/t21?,24-,25+,28?. The van der Waals surface area contributed by atoms with E-state index in [0.29, 0.717) is 30.1 Å². The van der Waals surface area contributed by atoms with E-state index in [1.165, 1.54) is 16.7 Å². The molecule has 0 radical (unpaired) electrons. The number of nitrogens with one attached hydrogen (secondary N) is 1. The van der Waals surface area contributed by atoms with E-state index in [2.05, 4.69) is 60.5 Å². The van der Waals surface area contributed by atoms with Crippen molar-refractivity contribution in [3.05, 3.63) is 65.2 Å². The Morgan fingerprint density at radius 1 is 1.06 bits per heavy atom. The highest BCUT2D eigenvalue weighted by Crippen LogP contribution is 2.55. The number of ether oxygens (including phenoxy) is 1. The van der Waals surface area contributed by atoms with Gasteiger partial charge in [0.1, 0.15) is 0 Å². The van der Waals surface area contributed by atoms with Gasteiger partial charge in [-0.15, -0.1) is 0 Å². The fourth-order valence-electron chi connectivity index (χ4n) is 7.07. The Kier molecular flexibility index (Phi) is 5.71. The van der Waals surface area contributed by atoms with Crippen LogP contribution in [0.15, 0.2) is 48.5 Å². The van der Waals surface area contributed by atoms with Crippen molar-refractivity contribution in [1.29, 1.82) is 0 Å². The number of nitrogens with zero attached hydrogens (tertiary/aromatic N) is 1. The monoisotopic (exact) mass is 472 g/mol. The van der Waals surface area contributed by atoms with Crippen molar-refractivity contribution in [1.82, 2.24) is 4.90 Å². The molecule has 2 saturated heterocycles. The van der Waals surface area contributed by atoms with Gasteiger partial charge in [0.05, 0.1) is 13.2 Å². The number of carbonyl (C=O) groups excluding carboxylic acids is 2. The molecule has 0 bridgehead atoms. The third-order valence-corrected chi connectivity index (χ3v) is 9.15. The van der Waals surface area contributed by atoms with Crippen molar-refractivity contribution in [3.63, 3.8) is 0 Å². The highest BCUT2D eigenvalue weighted by molar-refractivity contribution is 5.91. The van der Waals surface area contributed by atoms with Crippen LogP contribution >= 0.6 is 0 Å². The van der Waals surface area contributed by atoms with Gasteiger partial charge in [-0.05, 0) is 77.2 Å². The van der Waals surface area contributed by atoms with Crippen molar-refractivity contribution in [2.45, 2.75) is 56.8 Å². The Labute approximate surface area is 208 Å². The van der Waals surface area contributed by atoms with Crippen LogP contribution in [0.5, 0.6) is 0 Å². The number of carbonyl (C=O) groups is 2. The first-order valence-electron chi connectivity index (χ1n) is 13.3. The molecule has 0 aromatic heterocycles. The average Bonchev–Trinajstić information content (AvgIpc) is 3.18. The number of piperidine rings is 1. The molecule has 2 aromatic rings. The molecular weight excluding hydrogens is 436 g/mol. The minimum Gasteiger partial charge on any atom is -0.381 e. The summed E-state index contributed by atoms with van der Waals surface area (Å²) in [6.07, 6.45) is 3.47. The summed E-state index contributed by atoms with van der Waals surface area (Å²) in [6.45, 7) is 7.50. The van der Waals surface area contributed by atoms with Gasteiger partial charge in [-0.25, -0.2) is 0 Å². The van der Waals surface area contributed by atoms with Crippen LogP contribution in [0.25, 0.3) is 0 Å². The van der Waals surface area contributed by atoms with Gasteiger partial charge in [-0.1, -0.05) is 50.2 Å². The average molecular weight is 473 g/mol. The first kappa shape index (κ1) is 22.8. The van der Waals surface area contributed by atoms with Gasteiger partial charge >= 0.3 is 0 Å². The van der Waals surface area contributed by atoms with Crippen molar-refractivity contribution in [3.8, 4) is 0 Å². The topological polar surface area (TPSA) is 58.6 Å². The molecule has 1 N–H and O–H groups in total. The first-order chi connectivity index (χ1) is 16.9. The number of hydrogen-bond donors (Lipinski definition) is 1. The van der Waals surface area contributed by atoms with Gasteiger partial charge in [0.2, 0.25) is 11.8 Å². The lowest BCUT2D eigenvalue weighted by Crippen LogP contribution is -2.45. The Morgan fingerprint density at radius 2 is 1.80 bits per heavy atom. The second kappa shape index (κ2) is 8.77. The number of hydrogen-bond acceptors (Lipinski definition) is 3. The molecule has 184 valence electrons. The maximum absolute atomic E-state index is 13.1. The fraction of sp³-hybridized carbons (Fsp3) is 0.533. The van der Waals surface area contributed by atoms with Gasteiger partial charge in [0.25, 0.3) is 0 Å². The SMILES string of the molecule is CC(C)c1cccc(NC(=O)CC2CC3(CCN(C(=O)C4[C@H]5COC[C@@H]45)CC3)c3ccccc32)c1. The molecule has 2 unspecified atom stereocenters. The van der Waals surface area contributed by atoms with Crippen LogP contribution in [0.1, 0.15) is 68.1 Å². The Balaban J connectivity index is 1.12. The van der Waals surface area contributed by atoms with Gasteiger partial charge in [0.15, 0.2) is 0 Å². The molecule has 5 heteroatoms. The normalized spacial score (nSPS) is 28.1. The zero-order valence-electron chi connectivity index (χ0n) is 20.8. The molecule has 4 atom stereocenters. The summed E-state index contributed by atoms with van der Waals surface area (Å²) in [5.41, 5.74) is 4.93. The quantitative estimate of drug-likeness (QED) is 0.660. The molecule has 2 heterocycles. The molecule has 5 nitrogen and oxygen atoms in total. The van der Waals surface area contributed by atoms with E-state index in [4.69, 9.17) is 4.74 Å². The fourth-order valence-corrected chi connectivity index (χ4v) is 7.07. The van der Waals surface area contributed by atoms with E-state index in [-0.39, 0.29) is 23.2 Å². The van der Waals surface area contributed by atoms with Gasteiger partial charge in [0, 0.05) is 31.1 Å². The molecule has 35 heavy (non-hydrogen) atoms. The summed E-state index contributed by atoms with van der Waals surface area (Å²) >= 11 is 0. The number of likely N-dealkylation sites (tertiary alicyclic amines) is 1. The second-order valence-corrected chi connectivity index (χ2v) is 11.5. The highest BCUT2D eigenvalue weighted by atomic mass is 16.5. The third-order valence-electron chi connectivity index (χ3n) is 9.15. The van der Waals surface area contributed by atoms with Crippen molar-refractivity contribution < 1.29 is 14.3 Å². The maximum Gasteiger partial charge on any atom is 0.226 e. The lowest BCUT2D eigenvalue weighted by atomic mass is 9.73. The molecule has 6 rings (SSSR count). The largest absolute Gasteiger partial charge is 0.381 e. The van der Waals surface area contributed by atoms with Crippen LogP contribution in [0.3, 0.4) is 0 Å². The number of anilines is 1. The van der Waals surface area contributed by atoms with Crippen LogP contribution in [0, 0.1) is 17.8 Å². The van der Waals surface area contributed by atoms with Crippen LogP contribution in [0.4, 0.5) is 5.69 Å². The minimum absolute atomic E-state index is 0.0814. The zero-order valence-corrected chi connectivity index (χ0v) is 20.8. The smallest absolute Gasteiger partial charge is 0.226 e. The predicted octanol–water partition coefficient (Wildman–Crippen LogP) is 5.08. The van der Waals surface area contributed by atoms with E-state index in [9.17, 15) is 9.59 Å². The van der Waals surface area contributed by atoms with Crippen LogP contribution in [-0.4, -0.2) is 43.0 Å². The Bertz CT molecular complexity index is 1120. The molecule has 1 saturated carbocycles. The summed E-state index contributed by atoms with van der Waals surface area (Å²) in [5, 5.41) is 3.14. The van der Waals surface area contributed by atoms with Gasteiger partial charge in [-0.2, -0.15) is 0 Å². The molecule has 1 spiro atoms.